The van der Waals surface area contributed by atoms with Gasteiger partial charge in [0.1, 0.15) is 0 Å². The largest absolute Gasteiger partial charge is 0.494 e. The van der Waals surface area contributed by atoms with E-state index in [0.29, 0.717) is 34.9 Å². The summed E-state index contributed by atoms with van der Waals surface area (Å²) in [6.07, 6.45) is 6.56. The fourth-order valence-electron chi connectivity index (χ4n) is 11.5. The van der Waals surface area contributed by atoms with Crippen LogP contribution in [0.2, 0.25) is 0 Å². The molecule has 2 heterocycles. The van der Waals surface area contributed by atoms with Crippen LogP contribution in [-0.4, -0.2) is 33.3 Å². The van der Waals surface area contributed by atoms with Crippen LogP contribution >= 0.6 is 0 Å². The molecule has 5 aliphatic rings. The lowest BCUT2D eigenvalue weighted by Crippen LogP contribution is -2.56. The van der Waals surface area contributed by atoms with Gasteiger partial charge in [-0.15, -0.1) is 0 Å². The number of hydrogen-bond donors (Lipinski definition) is 0. The number of hydrogen-bond acceptors (Lipinski definition) is 6. The van der Waals surface area contributed by atoms with Crippen molar-refractivity contribution in [1.82, 2.24) is 15.0 Å². The van der Waals surface area contributed by atoms with Gasteiger partial charge in [-0.3, -0.25) is 0 Å². The lowest BCUT2D eigenvalue weighted by molar-refractivity contribution is -0.0418. The molecule has 0 amide bonds. The molecular formula is C52H47BN4O2. The third-order valence-electron chi connectivity index (χ3n) is 14.9. The smallest absolute Gasteiger partial charge is 0.399 e. The van der Waals surface area contributed by atoms with Gasteiger partial charge in [-0.1, -0.05) is 97.1 Å². The molecule has 0 radical (unpaired) electrons. The molecule has 6 aromatic carbocycles. The highest BCUT2D eigenvalue weighted by Crippen LogP contribution is 2.65. The fraction of sp³-hybridized carbons (Fsp3) is 0.308. The quantitative estimate of drug-likeness (QED) is 0.124. The molecule has 6 nitrogen and oxygen atoms in total. The molecule has 5 fully saturated rings. The summed E-state index contributed by atoms with van der Waals surface area (Å²) < 4.78 is 12.9. The van der Waals surface area contributed by atoms with E-state index in [4.69, 9.17) is 24.3 Å². The summed E-state index contributed by atoms with van der Waals surface area (Å²) in [6.45, 7) is 8.47. The van der Waals surface area contributed by atoms with Gasteiger partial charge in [0.05, 0.1) is 22.8 Å². The number of rotatable bonds is 6. The lowest BCUT2D eigenvalue weighted by atomic mass is 9.42. The van der Waals surface area contributed by atoms with Gasteiger partial charge in [0.15, 0.2) is 17.5 Å². The second-order valence-electron chi connectivity index (χ2n) is 18.6. The van der Waals surface area contributed by atoms with Gasteiger partial charge in [0, 0.05) is 22.1 Å². The van der Waals surface area contributed by atoms with E-state index in [0.717, 1.165) is 50.1 Å². The number of nitrogens with zero attached hydrogens (tertiary/aromatic N) is 4. The molecule has 1 aliphatic heterocycles. The Bertz CT molecular complexity index is 2760. The standard InChI is InChI=1S/C52H47BN4O2/c1-50(2)51(3,4)59-53(58-50)42-23-21-39(22-24-42)52(40-26-33-25-34(28-40)29-41(52)27-33)38-19-17-36(18-20-38)48-55-47(35-15-13-32(31-54)14-16-35)56-49(57-48)46-30-37-9-5-6-10-43(37)44-11-7-8-12-45(44)46/h5-24,30,33-34,40-41H,25-29H2,1-4H3. The molecule has 0 spiro atoms. The third kappa shape index (κ3) is 5.79. The van der Waals surface area contributed by atoms with Gasteiger partial charge in [0.25, 0.3) is 0 Å². The zero-order chi connectivity index (χ0) is 40.1. The Balaban J connectivity index is 1.02. The van der Waals surface area contributed by atoms with Crippen molar-refractivity contribution >= 4 is 34.1 Å². The molecule has 7 heteroatoms. The molecule has 12 rings (SSSR count). The minimum absolute atomic E-state index is 0.0671. The van der Waals surface area contributed by atoms with Crippen molar-refractivity contribution in [1.29, 1.82) is 5.26 Å². The molecule has 0 N–H and O–H groups in total. The van der Waals surface area contributed by atoms with Crippen molar-refractivity contribution in [3.05, 3.63) is 144 Å². The molecule has 7 aromatic rings. The fourth-order valence-corrected chi connectivity index (χ4v) is 11.5. The van der Waals surface area contributed by atoms with Gasteiger partial charge in [-0.2, -0.15) is 5.26 Å². The Morgan fingerprint density at radius 1 is 0.559 bits per heavy atom. The molecule has 4 aliphatic carbocycles. The summed E-state index contributed by atoms with van der Waals surface area (Å²) in [4.78, 5) is 15.5. The highest BCUT2D eigenvalue weighted by molar-refractivity contribution is 6.62. The van der Waals surface area contributed by atoms with E-state index in [1.54, 1.807) is 0 Å². The first-order valence-electron chi connectivity index (χ1n) is 21.3. The zero-order valence-electron chi connectivity index (χ0n) is 34.2. The topological polar surface area (TPSA) is 80.9 Å². The highest BCUT2D eigenvalue weighted by atomic mass is 16.7. The van der Waals surface area contributed by atoms with Crippen LogP contribution in [0.1, 0.15) is 76.5 Å². The van der Waals surface area contributed by atoms with Crippen molar-refractivity contribution in [2.75, 3.05) is 0 Å². The summed E-state index contributed by atoms with van der Waals surface area (Å²) in [5.41, 5.74) is 6.39. The van der Waals surface area contributed by atoms with E-state index in [1.165, 1.54) is 48.6 Å². The Hall–Kier alpha value is -5.68. The summed E-state index contributed by atoms with van der Waals surface area (Å²) in [5, 5.41) is 14.1. The summed E-state index contributed by atoms with van der Waals surface area (Å²) in [5.74, 6) is 4.70. The van der Waals surface area contributed by atoms with Gasteiger partial charge >= 0.3 is 7.12 Å². The predicted octanol–water partition coefficient (Wildman–Crippen LogP) is 11.1. The van der Waals surface area contributed by atoms with Crippen LogP contribution in [0.3, 0.4) is 0 Å². The van der Waals surface area contributed by atoms with Gasteiger partial charge in [0.2, 0.25) is 0 Å². The minimum Gasteiger partial charge on any atom is -0.399 e. The molecule has 1 aromatic heterocycles. The predicted molar refractivity (Wildman–Crippen MR) is 236 cm³/mol. The maximum absolute atomic E-state index is 9.54. The van der Waals surface area contributed by atoms with Crippen molar-refractivity contribution < 1.29 is 9.31 Å². The first-order valence-corrected chi connectivity index (χ1v) is 21.3. The van der Waals surface area contributed by atoms with Crippen LogP contribution in [0, 0.1) is 35.0 Å². The molecule has 0 atom stereocenters. The van der Waals surface area contributed by atoms with Crippen LogP contribution < -0.4 is 5.46 Å². The minimum atomic E-state index is -0.383. The number of fused-ring (bicyclic) bond motifs is 3. The van der Waals surface area contributed by atoms with Gasteiger partial charge in [-0.05, 0) is 152 Å². The second kappa shape index (κ2) is 13.4. The Labute approximate surface area is 346 Å². The van der Waals surface area contributed by atoms with Crippen LogP contribution in [0.15, 0.2) is 127 Å². The first-order chi connectivity index (χ1) is 28.6. The normalized spacial score (nSPS) is 25.1. The van der Waals surface area contributed by atoms with E-state index < -0.39 is 0 Å². The maximum atomic E-state index is 9.54. The molecule has 1 saturated heterocycles. The van der Waals surface area contributed by atoms with Crippen LogP contribution in [-0.2, 0) is 14.7 Å². The highest BCUT2D eigenvalue weighted by Gasteiger charge is 2.59. The van der Waals surface area contributed by atoms with E-state index in [1.807, 2.05) is 24.3 Å². The number of nitriles is 1. The average Bonchev–Trinajstić information content (AvgIpc) is 3.49. The van der Waals surface area contributed by atoms with Gasteiger partial charge in [-0.25, -0.2) is 15.0 Å². The van der Waals surface area contributed by atoms with E-state index in [2.05, 4.69) is 137 Å². The Kier molecular flexibility index (Phi) is 8.28. The van der Waals surface area contributed by atoms with Crippen molar-refractivity contribution in [2.24, 2.45) is 23.7 Å². The maximum Gasteiger partial charge on any atom is 0.494 e. The molecule has 4 bridgehead atoms. The van der Waals surface area contributed by atoms with Crippen LogP contribution in [0.25, 0.3) is 55.7 Å². The zero-order valence-corrected chi connectivity index (χ0v) is 34.2. The molecule has 290 valence electrons. The number of benzene rings is 6. The molecular weight excluding hydrogens is 723 g/mol. The van der Waals surface area contributed by atoms with Crippen molar-refractivity contribution in [3.8, 4) is 40.2 Å². The van der Waals surface area contributed by atoms with Crippen LogP contribution in [0.5, 0.6) is 0 Å². The summed E-state index contributed by atoms with van der Waals surface area (Å²) >= 11 is 0. The first kappa shape index (κ1) is 36.4. The average molecular weight is 771 g/mol. The molecule has 0 unspecified atom stereocenters. The SMILES string of the molecule is CC1(C)OB(c2ccc(C3(c4ccc(-c5nc(-c6ccc(C#N)cc6)nc(-c6cc7ccccc7c7ccccc67)n5)cc4)C4CC5CC(C4)CC3C5)cc2)OC1(C)C. The Morgan fingerprint density at radius 2 is 1.05 bits per heavy atom. The van der Waals surface area contributed by atoms with E-state index >= 15 is 0 Å². The second-order valence-corrected chi connectivity index (χ2v) is 18.6. The molecule has 59 heavy (non-hydrogen) atoms. The third-order valence-corrected chi connectivity index (χ3v) is 14.9. The van der Waals surface area contributed by atoms with Crippen molar-refractivity contribution in [3.63, 3.8) is 0 Å². The van der Waals surface area contributed by atoms with Crippen LogP contribution in [0.4, 0.5) is 0 Å². The Morgan fingerprint density at radius 3 is 1.63 bits per heavy atom. The summed E-state index contributed by atoms with van der Waals surface area (Å²) in [7, 11) is -0.380. The molecule has 4 saturated carbocycles. The summed E-state index contributed by atoms with van der Waals surface area (Å²) in [6, 6.07) is 47.4. The lowest BCUT2D eigenvalue weighted by Gasteiger charge is -2.62. The monoisotopic (exact) mass is 770 g/mol. The van der Waals surface area contributed by atoms with Crippen molar-refractivity contribution in [2.45, 2.75) is 76.4 Å². The van der Waals surface area contributed by atoms with E-state index in [-0.39, 0.29) is 23.7 Å². The van der Waals surface area contributed by atoms with Gasteiger partial charge < -0.3 is 9.31 Å². The van der Waals surface area contributed by atoms with E-state index in [9.17, 15) is 5.26 Å². The number of aromatic nitrogens is 3.